The first kappa shape index (κ1) is 12.4. The number of hydrogen-bond donors (Lipinski definition) is 1. The molecule has 0 radical (unpaired) electrons. The first-order valence-electron chi connectivity index (χ1n) is 7.02. The predicted molar refractivity (Wildman–Crippen MR) is 75.9 cm³/mol. The summed E-state index contributed by atoms with van der Waals surface area (Å²) in [6, 6.07) is 8.81. The number of benzene rings is 1. The second kappa shape index (κ2) is 5.17. The summed E-state index contributed by atoms with van der Waals surface area (Å²) in [5, 5.41) is 9.85. The lowest BCUT2D eigenvalue weighted by Crippen LogP contribution is -2.22. The van der Waals surface area contributed by atoms with Crippen LogP contribution in [0.15, 0.2) is 36.7 Å². The van der Waals surface area contributed by atoms with Gasteiger partial charge in [0.15, 0.2) is 0 Å². The number of aromatic nitrogens is 2. The maximum absolute atomic E-state index is 9.85. The molecule has 1 N–H and O–H groups in total. The molecule has 0 bridgehead atoms. The van der Waals surface area contributed by atoms with Crippen LogP contribution in [0, 0.1) is 6.92 Å². The minimum absolute atomic E-state index is 0.161. The van der Waals surface area contributed by atoms with Crippen molar-refractivity contribution in [2.75, 3.05) is 0 Å². The Morgan fingerprint density at radius 2 is 2.21 bits per heavy atom. The lowest BCUT2D eigenvalue weighted by Gasteiger charge is -2.28. The Balaban J connectivity index is 1.94. The van der Waals surface area contributed by atoms with Crippen molar-refractivity contribution in [2.45, 2.75) is 44.8 Å². The molecule has 2 aromatic rings. The first-order valence-corrected chi connectivity index (χ1v) is 7.02. The van der Waals surface area contributed by atoms with Crippen molar-refractivity contribution in [3.63, 3.8) is 0 Å². The van der Waals surface area contributed by atoms with Crippen molar-refractivity contribution in [1.82, 2.24) is 9.55 Å². The van der Waals surface area contributed by atoms with Gasteiger partial charge >= 0.3 is 0 Å². The molecule has 1 aliphatic rings. The van der Waals surface area contributed by atoms with Crippen LogP contribution >= 0.6 is 0 Å². The van der Waals surface area contributed by atoms with Crippen LogP contribution in [0.25, 0.3) is 11.4 Å². The zero-order valence-electron chi connectivity index (χ0n) is 11.3. The monoisotopic (exact) mass is 256 g/mol. The van der Waals surface area contributed by atoms with Crippen molar-refractivity contribution in [1.29, 1.82) is 0 Å². The van der Waals surface area contributed by atoms with Gasteiger partial charge in [-0.3, -0.25) is 0 Å². The van der Waals surface area contributed by atoms with E-state index in [1.165, 1.54) is 5.56 Å². The molecule has 1 aromatic heterocycles. The summed E-state index contributed by atoms with van der Waals surface area (Å²) in [7, 11) is 0. The Morgan fingerprint density at radius 1 is 1.32 bits per heavy atom. The molecule has 3 nitrogen and oxygen atoms in total. The molecule has 2 atom stereocenters. The Labute approximate surface area is 113 Å². The molecule has 100 valence electrons. The zero-order valence-corrected chi connectivity index (χ0v) is 11.3. The van der Waals surface area contributed by atoms with Crippen molar-refractivity contribution in [2.24, 2.45) is 0 Å². The molecule has 0 amide bonds. The van der Waals surface area contributed by atoms with E-state index in [-0.39, 0.29) is 6.10 Å². The highest BCUT2D eigenvalue weighted by molar-refractivity contribution is 5.56. The summed E-state index contributed by atoms with van der Waals surface area (Å²) in [4.78, 5) is 4.51. The molecule has 1 aromatic carbocycles. The van der Waals surface area contributed by atoms with Crippen molar-refractivity contribution < 1.29 is 5.11 Å². The van der Waals surface area contributed by atoms with E-state index >= 15 is 0 Å². The molecule has 1 fully saturated rings. The number of nitrogens with zero attached hydrogens (tertiary/aromatic N) is 2. The molecule has 0 spiro atoms. The van der Waals surface area contributed by atoms with Gasteiger partial charge in [0.1, 0.15) is 5.82 Å². The van der Waals surface area contributed by atoms with E-state index in [1.807, 2.05) is 12.4 Å². The Kier molecular flexibility index (Phi) is 3.38. The number of imidazole rings is 1. The molecule has 1 aliphatic carbocycles. The summed E-state index contributed by atoms with van der Waals surface area (Å²) in [5.41, 5.74) is 2.40. The van der Waals surface area contributed by atoms with Gasteiger partial charge in [-0.1, -0.05) is 23.8 Å². The standard InChI is InChI=1S/C16H20N2O/c1-12-4-2-5-13(10-12)16-17-8-9-18(16)14-6-3-7-15(19)11-14/h2,4-5,8-10,14-15,19H,3,6-7,11H2,1H3/t14-,15-/m1/s1. The number of aryl methyl sites for hydroxylation is 1. The molecule has 1 saturated carbocycles. The fourth-order valence-corrected chi connectivity index (χ4v) is 3.01. The van der Waals surface area contributed by atoms with Gasteiger partial charge in [-0.15, -0.1) is 0 Å². The quantitative estimate of drug-likeness (QED) is 0.895. The highest BCUT2D eigenvalue weighted by atomic mass is 16.3. The normalized spacial score (nSPS) is 23.5. The fraction of sp³-hybridized carbons (Fsp3) is 0.438. The molecule has 3 rings (SSSR count). The van der Waals surface area contributed by atoms with Gasteiger partial charge in [0.25, 0.3) is 0 Å². The average molecular weight is 256 g/mol. The van der Waals surface area contributed by atoms with Crippen LogP contribution in [0.4, 0.5) is 0 Å². The molecule has 19 heavy (non-hydrogen) atoms. The smallest absolute Gasteiger partial charge is 0.140 e. The zero-order chi connectivity index (χ0) is 13.2. The van der Waals surface area contributed by atoms with E-state index in [2.05, 4.69) is 40.7 Å². The van der Waals surface area contributed by atoms with Gasteiger partial charge in [0, 0.05) is 24.0 Å². The first-order chi connectivity index (χ1) is 9.24. The van der Waals surface area contributed by atoms with E-state index < -0.39 is 0 Å². The maximum atomic E-state index is 9.85. The number of hydrogen-bond acceptors (Lipinski definition) is 2. The number of aliphatic hydroxyl groups excluding tert-OH is 1. The predicted octanol–water partition coefficient (Wildman–Crippen LogP) is 3.33. The average Bonchev–Trinajstić information content (AvgIpc) is 2.88. The highest BCUT2D eigenvalue weighted by Crippen LogP contribution is 2.32. The summed E-state index contributed by atoms with van der Waals surface area (Å²) in [6.07, 6.45) is 7.74. The minimum Gasteiger partial charge on any atom is -0.393 e. The summed E-state index contributed by atoms with van der Waals surface area (Å²) >= 11 is 0. The van der Waals surface area contributed by atoms with Crippen LogP contribution in [-0.4, -0.2) is 20.8 Å². The highest BCUT2D eigenvalue weighted by Gasteiger charge is 2.23. The van der Waals surface area contributed by atoms with Crippen molar-refractivity contribution >= 4 is 0 Å². The molecule has 0 aliphatic heterocycles. The topological polar surface area (TPSA) is 38.0 Å². The van der Waals surface area contributed by atoms with Crippen LogP contribution in [0.5, 0.6) is 0 Å². The Morgan fingerprint density at radius 3 is 3.00 bits per heavy atom. The Hall–Kier alpha value is -1.61. The van der Waals surface area contributed by atoms with E-state index in [0.717, 1.165) is 37.1 Å². The summed E-state index contributed by atoms with van der Waals surface area (Å²) in [5.74, 6) is 1.02. The van der Waals surface area contributed by atoms with Gasteiger partial charge in [0.2, 0.25) is 0 Å². The SMILES string of the molecule is Cc1cccc(-c2nccn2[C@@H]2CCC[C@@H](O)C2)c1. The summed E-state index contributed by atoms with van der Waals surface area (Å²) < 4.78 is 2.23. The van der Waals surface area contributed by atoms with Crippen LogP contribution in [0.1, 0.15) is 37.3 Å². The van der Waals surface area contributed by atoms with Gasteiger partial charge < -0.3 is 9.67 Å². The largest absolute Gasteiger partial charge is 0.393 e. The van der Waals surface area contributed by atoms with Gasteiger partial charge in [-0.2, -0.15) is 0 Å². The fourth-order valence-electron chi connectivity index (χ4n) is 3.01. The number of rotatable bonds is 2. The van der Waals surface area contributed by atoms with Crippen LogP contribution in [0.2, 0.25) is 0 Å². The van der Waals surface area contributed by atoms with Crippen LogP contribution in [-0.2, 0) is 0 Å². The molecule has 3 heteroatoms. The second-order valence-electron chi connectivity index (χ2n) is 5.50. The minimum atomic E-state index is -0.161. The third kappa shape index (κ3) is 2.56. The van der Waals surface area contributed by atoms with E-state index in [4.69, 9.17) is 0 Å². The van der Waals surface area contributed by atoms with E-state index in [9.17, 15) is 5.11 Å². The van der Waals surface area contributed by atoms with Gasteiger partial charge in [0.05, 0.1) is 6.10 Å². The van der Waals surface area contributed by atoms with Crippen molar-refractivity contribution in [3.05, 3.63) is 42.2 Å². The number of aliphatic hydroxyl groups is 1. The lowest BCUT2D eigenvalue weighted by molar-refractivity contribution is 0.104. The maximum Gasteiger partial charge on any atom is 0.140 e. The Bertz CT molecular complexity index is 561. The van der Waals surface area contributed by atoms with Crippen LogP contribution < -0.4 is 0 Å². The summed E-state index contributed by atoms with van der Waals surface area (Å²) in [6.45, 7) is 2.10. The van der Waals surface area contributed by atoms with Crippen LogP contribution in [0.3, 0.4) is 0 Å². The van der Waals surface area contributed by atoms with E-state index in [0.29, 0.717) is 6.04 Å². The van der Waals surface area contributed by atoms with Crippen molar-refractivity contribution in [3.8, 4) is 11.4 Å². The third-order valence-electron chi connectivity index (χ3n) is 3.96. The van der Waals surface area contributed by atoms with Gasteiger partial charge in [-0.25, -0.2) is 4.98 Å². The molecular weight excluding hydrogens is 236 g/mol. The molecule has 1 heterocycles. The van der Waals surface area contributed by atoms with Gasteiger partial charge in [-0.05, 0) is 38.7 Å². The molecule has 0 saturated heterocycles. The second-order valence-corrected chi connectivity index (χ2v) is 5.50. The molecular formula is C16H20N2O. The van der Waals surface area contributed by atoms with E-state index in [1.54, 1.807) is 0 Å². The lowest BCUT2D eigenvalue weighted by atomic mass is 9.92. The molecule has 0 unspecified atom stereocenters. The third-order valence-corrected chi connectivity index (χ3v) is 3.96.